The molecule has 0 saturated carbocycles. The first-order valence-electron chi connectivity index (χ1n) is 6.93. The van der Waals surface area contributed by atoms with Crippen LogP contribution in [0.5, 0.6) is 0 Å². The zero-order valence-electron chi connectivity index (χ0n) is 12.1. The normalized spacial score (nSPS) is 13.6. The number of rotatable bonds is 6. The minimum Gasteiger partial charge on any atom is -0.311 e. The van der Waals surface area contributed by atoms with Crippen molar-refractivity contribution < 1.29 is 0 Å². The molecule has 1 atom stereocenters. The van der Waals surface area contributed by atoms with Gasteiger partial charge in [-0.3, -0.25) is 0 Å². The minimum absolute atomic E-state index is 0.170. The summed E-state index contributed by atoms with van der Waals surface area (Å²) in [6.45, 7) is 9.89. The zero-order chi connectivity index (χ0) is 13.6. The molecule has 0 fully saturated rings. The molecule has 0 aliphatic rings. The van der Waals surface area contributed by atoms with Crippen molar-refractivity contribution >= 4 is 11.6 Å². The number of benzene rings is 1. The standard InChI is InChI=1S/C16H26ClN/c1-5-6-8-14(12-18-16(2,3)4)13-9-7-10-15(17)11-13/h7,9-11,14,18H,5-6,8,12H2,1-4H3. The Hall–Kier alpha value is -0.530. The highest BCUT2D eigenvalue weighted by Crippen LogP contribution is 2.24. The fourth-order valence-electron chi connectivity index (χ4n) is 2.03. The Morgan fingerprint density at radius 3 is 2.56 bits per heavy atom. The first-order valence-corrected chi connectivity index (χ1v) is 7.30. The zero-order valence-corrected chi connectivity index (χ0v) is 12.8. The molecular weight excluding hydrogens is 242 g/mol. The third kappa shape index (κ3) is 5.88. The third-order valence-corrected chi connectivity index (χ3v) is 3.34. The van der Waals surface area contributed by atoms with Gasteiger partial charge in [-0.25, -0.2) is 0 Å². The van der Waals surface area contributed by atoms with Gasteiger partial charge in [-0.15, -0.1) is 0 Å². The average Bonchev–Trinajstić information content (AvgIpc) is 2.28. The van der Waals surface area contributed by atoms with Gasteiger partial charge >= 0.3 is 0 Å². The SMILES string of the molecule is CCCCC(CNC(C)(C)C)c1cccc(Cl)c1. The fourth-order valence-corrected chi connectivity index (χ4v) is 2.23. The Bertz CT molecular complexity index is 354. The molecule has 0 bridgehead atoms. The molecule has 0 radical (unpaired) electrons. The van der Waals surface area contributed by atoms with E-state index in [0.717, 1.165) is 11.6 Å². The van der Waals surface area contributed by atoms with Gasteiger partial charge in [-0.2, -0.15) is 0 Å². The van der Waals surface area contributed by atoms with Crippen molar-refractivity contribution in [3.63, 3.8) is 0 Å². The lowest BCUT2D eigenvalue weighted by atomic mass is 9.92. The van der Waals surface area contributed by atoms with E-state index in [9.17, 15) is 0 Å². The van der Waals surface area contributed by atoms with E-state index in [0.29, 0.717) is 5.92 Å². The van der Waals surface area contributed by atoms with Gasteiger partial charge in [0.2, 0.25) is 0 Å². The van der Waals surface area contributed by atoms with Crippen molar-refractivity contribution in [3.05, 3.63) is 34.9 Å². The number of hydrogen-bond donors (Lipinski definition) is 1. The maximum absolute atomic E-state index is 6.09. The second-order valence-corrected chi connectivity index (χ2v) is 6.46. The van der Waals surface area contributed by atoms with Crippen LogP contribution in [0.2, 0.25) is 5.02 Å². The minimum atomic E-state index is 0.170. The molecule has 1 aromatic rings. The maximum atomic E-state index is 6.09. The topological polar surface area (TPSA) is 12.0 Å². The predicted molar refractivity (Wildman–Crippen MR) is 81.5 cm³/mol. The van der Waals surface area contributed by atoms with Crippen molar-refractivity contribution in [1.82, 2.24) is 5.32 Å². The summed E-state index contributed by atoms with van der Waals surface area (Å²) < 4.78 is 0. The Labute approximate surface area is 117 Å². The number of halogens is 1. The van der Waals surface area contributed by atoms with Crippen molar-refractivity contribution in [2.24, 2.45) is 0 Å². The quantitative estimate of drug-likeness (QED) is 0.765. The van der Waals surface area contributed by atoms with Crippen molar-refractivity contribution in [2.45, 2.75) is 58.4 Å². The van der Waals surface area contributed by atoms with Gasteiger partial charge in [-0.1, -0.05) is 43.5 Å². The Kier molecular flexibility index (Phi) is 6.17. The van der Waals surface area contributed by atoms with Gasteiger partial charge in [0.1, 0.15) is 0 Å². The molecule has 1 N–H and O–H groups in total. The molecule has 1 rings (SSSR count). The van der Waals surface area contributed by atoms with Crippen LogP contribution in [0, 0.1) is 0 Å². The first kappa shape index (κ1) is 15.5. The van der Waals surface area contributed by atoms with E-state index in [1.807, 2.05) is 12.1 Å². The first-order chi connectivity index (χ1) is 8.42. The fraction of sp³-hybridized carbons (Fsp3) is 0.625. The summed E-state index contributed by atoms with van der Waals surface area (Å²) >= 11 is 6.09. The third-order valence-electron chi connectivity index (χ3n) is 3.11. The Morgan fingerprint density at radius 1 is 1.28 bits per heavy atom. The molecular formula is C16H26ClN. The summed E-state index contributed by atoms with van der Waals surface area (Å²) in [6.07, 6.45) is 3.73. The Balaban J connectivity index is 2.71. The van der Waals surface area contributed by atoms with Gasteiger partial charge in [0.05, 0.1) is 0 Å². The molecule has 0 heterocycles. The van der Waals surface area contributed by atoms with Crippen molar-refractivity contribution in [3.8, 4) is 0 Å². The molecule has 1 aromatic carbocycles. The van der Waals surface area contributed by atoms with Gasteiger partial charge in [0.25, 0.3) is 0 Å². The highest BCUT2D eigenvalue weighted by molar-refractivity contribution is 6.30. The van der Waals surface area contributed by atoms with Crippen LogP contribution in [0.4, 0.5) is 0 Å². The highest BCUT2D eigenvalue weighted by Gasteiger charge is 2.15. The van der Waals surface area contributed by atoms with Gasteiger partial charge in [0, 0.05) is 17.1 Å². The van der Waals surface area contributed by atoms with Crippen LogP contribution >= 0.6 is 11.6 Å². The molecule has 102 valence electrons. The van der Waals surface area contributed by atoms with Crippen LogP contribution in [0.1, 0.15) is 58.4 Å². The van der Waals surface area contributed by atoms with E-state index in [1.54, 1.807) is 0 Å². The van der Waals surface area contributed by atoms with E-state index < -0.39 is 0 Å². The van der Waals surface area contributed by atoms with E-state index in [4.69, 9.17) is 11.6 Å². The van der Waals surface area contributed by atoms with Crippen molar-refractivity contribution in [1.29, 1.82) is 0 Å². The van der Waals surface area contributed by atoms with E-state index >= 15 is 0 Å². The maximum Gasteiger partial charge on any atom is 0.0408 e. The molecule has 0 aromatic heterocycles. The van der Waals surface area contributed by atoms with Crippen LogP contribution in [-0.4, -0.2) is 12.1 Å². The molecule has 2 heteroatoms. The number of hydrogen-bond acceptors (Lipinski definition) is 1. The summed E-state index contributed by atoms with van der Waals surface area (Å²) in [7, 11) is 0. The second kappa shape index (κ2) is 7.16. The van der Waals surface area contributed by atoms with Crippen LogP contribution in [0.25, 0.3) is 0 Å². The van der Waals surface area contributed by atoms with Crippen LogP contribution in [0.3, 0.4) is 0 Å². The average molecular weight is 268 g/mol. The van der Waals surface area contributed by atoms with Crippen LogP contribution in [0.15, 0.2) is 24.3 Å². The molecule has 0 saturated heterocycles. The summed E-state index contributed by atoms with van der Waals surface area (Å²) in [4.78, 5) is 0. The summed E-state index contributed by atoms with van der Waals surface area (Å²) in [5.41, 5.74) is 1.52. The Morgan fingerprint density at radius 2 is 2.00 bits per heavy atom. The molecule has 1 nitrogen and oxygen atoms in total. The smallest absolute Gasteiger partial charge is 0.0408 e. The van der Waals surface area contributed by atoms with Gasteiger partial charge in [0.15, 0.2) is 0 Å². The molecule has 0 amide bonds. The molecule has 0 aliphatic carbocycles. The number of unbranched alkanes of at least 4 members (excludes halogenated alkanes) is 1. The monoisotopic (exact) mass is 267 g/mol. The van der Waals surface area contributed by atoms with E-state index in [-0.39, 0.29) is 5.54 Å². The van der Waals surface area contributed by atoms with Crippen LogP contribution < -0.4 is 5.32 Å². The summed E-state index contributed by atoms with van der Waals surface area (Å²) in [5, 5.41) is 4.44. The lowest BCUT2D eigenvalue weighted by molar-refractivity contribution is 0.396. The van der Waals surface area contributed by atoms with Crippen molar-refractivity contribution in [2.75, 3.05) is 6.54 Å². The number of nitrogens with one attached hydrogen (secondary N) is 1. The van der Waals surface area contributed by atoms with Gasteiger partial charge < -0.3 is 5.32 Å². The molecule has 0 aliphatic heterocycles. The largest absolute Gasteiger partial charge is 0.311 e. The lowest BCUT2D eigenvalue weighted by Gasteiger charge is -2.25. The van der Waals surface area contributed by atoms with E-state index in [2.05, 4.69) is 45.1 Å². The van der Waals surface area contributed by atoms with Gasteiger partial charge in [-0.05, 0) is 50.8 Å². The molecule has 0 spiro atoms. The second-order valence-electron chi connectivity index (χ2n) is 6.03. The molecule has 1 unspecified atom stereocenters. The predicted octanol–water partition coefficient (Wildman–Crippen LogP) is 5.00. The summed E-state index contributed by atoms with van der Waals surface area (Å²) in [5.74, 6) is 0.558. The van der Waals surface area contributed by atoms with E-state index in [1.165, 1.54) is 24.8 Å². The summed E-state index contributed by atoms with van der Waals surface area (Å²) in [6, 6.07) is 8.29. The molecule has 18 heavy (non-hydrogen) atoms. The van der Waals surface area contributed by atoms with Crippen LogP contribution in [-0.2, 0) is 0 Å². The highest BCUT2D eigenvalue weighted by atomic mass is 35.5. The lowest BCUT2D eigenvalue weighted by Crippen LogP contribution is -2.38.